The first-order valence-corrected chi connectivity index (χ1v) is 10.9. The second kappa shape index (κ2) is 9.98. The van der Waals surface area contributed by atoms with Crippen molar-refractivity contribution < 1.29 is 0 Å². The van der Waals surface area contributed by atoms with E-state index < -0.39 is 6.69 Å². The van der Waals surface area contributed by atoms with Crippen LogP contribution in [-0.4, -0.2) is 6.69 Å². The van der Waals surface area contributed by atoms with Crippen molar-refractivity contribution in [3.8, 4) is 0 Å². The van der Waals surface area contributed by atoms with E-state index in [1.807, 2.05) is 0 Å². The highest BCUT2D eigenvalue weighted by molar-refractivity contribution is 7.45. The molecule has 0 aromatic carbocycles. The van der Waals surface area contributed by atoms with E-state index in [1.54, 1.807) is 0 Å². The minimum absolute atomic E-state index is 1.08. The molecule has 0 unspecified atom stereocenters. The highest BCUT2D eigenvalue weighted by atomic mass is 35.7. The summed E-state index contributed by atoms with van der Waals surface area (Å²) in [7, 11) is 0. The standard InChI is InChI=1S/C12H26Cl2Si/c1-3-5-7-8-9-10-12-15(13,14)11-6-4-2/h3-12H2,1-2H3. The number of halogens is 2. The second-order valence-electron chi connectivity index (χ2n) is 4.48. The molecule has 0 aliphatic carbocycles. The maximum atomic E-state index is 6.36. The summed E-state index contributed by atoms with van der Waals surface area (Å²) in [6.07, 6.45) is 10.4. The minimum atomic E-state index is -1.85. The Labute approximate surface area is 106 Å². The van der Waals surface area contributed by atoms with Gasteiger partial charge in [0.05, 0.1) is 0 Å². The molecule has 0 fully saturated rings. The normalized spacial score (nSPS) is 12.0. The Morgan fingerprint density at radius 3 is 1.73 bits per heavy atom. The zero-order valence-corrected chi connectivity index (χ0v) is 12.8. The van der Waals surface area contributed by atoms with Crippen molar-refractivity contribution >= 4 is 28.9 Å². The van der Waals surface area contributed by atoms with Crippen molar-refractivity contribution in [1.29, 1.82) is 0 Å². The molecule has 0 saturated carbocycles. The minimum Gasteiger partial charge on any atom is -0.146 e. The van der Waals surface area contributed by atoms with Gasteiger partial charge in [0.15, 0.2) is 0 Å². The number of hydrogen-bond acceptors (Lipinski definition) is 0. The highest BCUT2D eigenvalue weighted by Gasteiger charge is 2.26. The van der Waals surface area contributed by atoms with Crippen LogP contribution in [0.3, 0.4) is 0 Å². The Morgan fingerprint density at radius 2 is 1.13 bits per heavy atom. The van der Waals surface area contributed by atoms with Crippen LogP contribution >= 0.6 is 22.2 Å². The molecule has 0 bridgehead atoms. The summed E-state index contributed by atoms with van der Waals surface area (Å²) >= 11 is 12.7. The van der Waals surface area contributed by atoms with Gasteiger partial charge < -0.3 is 0 Å². The maximum absolute atomic E-state index is 6.36. The first-order valence-electron chi connectivity index (χ1n) is 6.50. The van der Waals surface area contributed by atoms with Gasteiger partial charge in [0, 0.05) is 0 Å². The molecular formula is C12H26Cl2Si. The van der Waals surface area contributed by atoms with Crippen LogP contribution in [0.15, 0.2) is 0 Å². The van der Waals surface area contributed by atoms with Crippen LogP contribution in [0, 0.1) is 0 Å². The van der Waals surface area contributed by atoms with Gasteiger partial charge in [-0.3, -0.25) is 0 Å². The largest absolute Gasteiger partial charge is 0.251 e. The average Bonchev–Trinajstić information content (AvgIpc) is 2.20. The van der Waals surface area contributed by atoms with Crippen LogP contribution in [-0.2, 0) is 0 Å². The highest BCUT2D eigenvalue weighted by Crippen LogP contribution is 2.30. The van der Waals surface area contributed by atoms with Gasteiger partial charge in [-0.15, -0.1) is 22.2 Å². The fraction of sp³-hybridized carbons (Fsp3) is 1.00. The molecule has 92 valence electrons. The molecule has 0 nitrogen and oxygen atoms in total. The second-order valence-corrected chi connectivity index (χ2v) is 12.1. The SMILES string of the molecule is CCCCCCCC[Si](Cl)(Cl)CCCC. The van der Waals surface area contributed by atoms with Gasteiger partial charge in [0.2, 0.25) is 0 Å². The molecule has 0 aromatic rings. The summed E-state index contributed by atoms with van der Waals surface area (Å²) in [5.74, 6) is 0. The molecule has 0 spiro atoms. The van der Waals surface area contributed by atoms with Crippen LogP contribution in [0.2, 0.25) is 12.1 Å². The maximum Gasteiger partial charge on any atom is 0.251 e. The van der Waals surface area contributed by atoms with Gasteiger partial charge in [0.1, 0.15) is 0 Å². The predicted octanol–water partition coefficient (Wildman–Crippen LogP) is 6.07. The third-order valence-corrected chi connectivity index (χ3v) is 7.23. The average molecular weight is 269 g/mol. The lowest BCUT2D eigenvalue weighted by molar-refractivity contribution is 0.623. The molecule has 0 atom stereocenters. The summed E-state index contributed by atoms with van der Waals surface area (Å²) in [4.78, 5) is 0. The van der Waals surface area contributed by atoms with E-state index in [2.05, 4.69) is 13.8 Å². The molecule has 0 amide bonds. The first-order chi connectivity index (χ1) is 7.12. The van der Waals surface area contributed by atoms with Gasteiger partial charge in [-0.25, -0.2) is 0 Å². The molecule has 0 aliphatic heterocycles. The fourth-order valence-electron chi connectivity index (χ4n) is 1.72. The topological polar surface area (TPSA) is 0 Å². The molecule has 0 aliphatic rings. The van der Waals surface area contributed by atoms with Gasteiger partial charge in [0.25, 0.3) is 6.69 Å². The molecule has 15 heavy (non-hydrogen) atoms. The molecule has 0 heterocycles. The van der Waals surface area contributed by atoms with Crippen molar-refractivity contribution in [3.05, 3.63) is 0 Å². The zero-order valence-electron chi connectivity index (χ0n) is 10.3. The van der Waals surface area contributed by atoms with Crippen molar-refractivity contribution in [3.63, 3.8) is 0 Å². The predicted molar refractivity (Wildman–Crippen MR) is 75.4 cm³/mol. The van der Waals surface area contributed by atoms with Gasteiger partial charge in [-0.2, -0.15) is 0 Å². The quantitative estimate of drug-likeness (QED) is 0.256. The summed E-state index contributed by atoms with van der Waals surface area (Å²) in [5, 5.41) is 0. The molecule has 0 rings (SSSR count). The molecule has 3 heteroatoms. The Hall–Kier alpha value is 0.797. The lowest BCUT2D eigenvalue weighted by Gasteiger charge is -2.15. The van der Waals surface area contributed by atoms with E-state index in [9.17, 15) is 0 Å². The van der Waals surface area contributed by atoms with Crippen LogP contribution in [0.5, 0.6) is 0 Å². The van der Waals surface area contributed by atoms with Crippen molar-refractivity contribution in [1.82, 2.24) is 0 Å². The Kier molecular flexibility index (Phi) is 10.5. The Morgan fingerprint density at radius 1 is 0.667 bits per heavy atom. The molecule has 0 N–H and O–H groups in total. The monoisotopic (exact) mass is 268 g/mol. The molecule has 0 saturated heterocycles. The number of unbranched alkanes of at least 4 members (excludes halogenated alkanes) is 6. The van der Waals surface area contributed by atoms with Crippen molar-refractivity contribution in [2.45, 2.75) is 77.3 Å². The van der Waals surface area contributed by atoms with Crippen LogP contribution in [0.1, 0.15) is 65.2 Å². The van der Waals surface area contributed by atoms with Crippen molar-refractivity contribution in [2.75, 3.05) is 0 Å². The van der Waals surface area contributed by atoms with E-state index in [1.165, 1.54) is 51.4 Å². The Bertz CT molecular complexity index is 138. The lowest BCUT2D eigenvalue weighted by Crippen LogP contribution is -2.17. The lowest BCUT2D eigenvalue weighted by atomic mass is 10.1. The van der Waals surface area contributed by atoms with E-state index >= 15 is 0 Å². The summed E-state index contributed by atoms with van der Waals surface area (Å²) in [6, 6.07) is 2.18. The van der Waals surface area contributed by atoms with E-state index in [0.29, 0.717) is 0 Å². The summed E-state index contributed by atoms with van der Waals surface area (Å²) in [6.45, 7) is 2.60. The van der Waals surface area contributed by atoms with Crippen LogP contribution in [0.4, 0.5) is 0 Å². The third kappa shape index (κ3) is 11.1. The van der Waals surface area contributed by atoms with E-state index in [0.717, 1.165) is 12.1 Å². The van der Waals surface area contributed by atoms with E-state index in [-0.39, 0.29) is 0 Å². The van der Waals surface area contributed by atoms with Crippen molar-refractivity contribution in [2.24, 2.45) is 0 Å². The summed E-state index contributed by atoms with van der Waals surface area (Å²) < 4.78 is 0. The molecular weight excluding hydrogens is 243 g/mol. The number of rotatable bonds is 10. The van der Waals surface area contributed by atoms with Gasteiger partial charge in [-0.1, -0.05) is 65.2 Å². The van der Waals surface area contributed by atoms with Gasteiger partial charge >= 0.3 is 0 Å². The fourth-order valence-corrected chi connectivity index (χ4v) is 5.22. The smallest absolute Gasteiger partial charge is 0.146 e. The van der Waals surface area contributed by atoms with Gasteiger partial charge in [-0.05, 0) is 12.1 Å². The molecule has 0 aromatic heterocycles. The van der Waals surface area contributed by atoms with Crippen LogP contribution < -0.4 is 0 Å². The summed E-state index contributed by atoms with van der Waals surface area (Å²) in [5.41, 5.74) is 0. The Balaban J connectivity index is 3.32. The third-order valence-electron chi connectivity index (χ3n) is 2.79. The first kappa shape index (κ1) is 15.8. The number of hydrogen-bond donors (Lipinski definition) is 0. The van der Waals surface area contributed by atoms with Crippen LogP contribution in [0.25, 0.3) is 0 Å². The molecule has 0 radical (unpaired) electrons. The van der Waals surface area contributed by atoms with E-state index in [4.69, 9.17) is 22.2 Å². The zero-order chi connectivity index (χ0) is 11.6.